The van der Waals surface area contributed by atoms with Gasteiger partial charge in [-0.2, -0.15) is 5.10 Å². The highest BCUT2D eigenvalue weighted by Gasteiger charge is 2.45. The fourth-order valence-electron chi connectivity index (χ4n) is 3.79. The van der Waals surface area contributed by atoms with Gasteiger partial charge in [-0.15, -0.1) is 5.10 Å². The van der Waals surface area contributed by atoms with Crippen molar-refractivity contribution >= 4 is 11.7 Å². The maximum absolute atomic E-state index is 12.7. The molecular formula is C17H20N4O2. The van der Waals surface area contributed by atoms with Crippen LogP contribution in [0, 0.1) is 13.8 Å². The van der Waals surface area contributed by atoms with Crippen LogP contribution in [0.4, 0.5) is 5.82 Å². The van der Waals surface area contributed by atoms with Crippen LogP contribution in [0.3, 0.4) is 0 Å². The van der Waals surface area contributed by atoms with Gasteiger partial charge in [0.15, 0.2) is 11.6 Å². The van der Waals surface area contributed by atoms with Gasteiger partial charge in [0.2, 0.25) is 0 Å². The van der Waals surface area contributed by atoms with Gasteiger partial charge in [-0.05, 0) is 44.9 Å². The molecule has 0 aromatic carbocycles. The third kappa shape index (κ3) is 2.29. The Morgan fingerprint density at radius 3 is 2.65 bits per heavy atom. The number of hydrogen-bond acceptors (Lipinski definition) is 5. The van der Waals surface area contributed by atoms with E-state index in [4.69, 9.17) is 4.42 Å². The summed E-state index contributed by atoms with van der Waals surface area (Å²) in [5, 5.41) is 8.47. The van der Waals surface area contributed by atoms with E-state index in [1.54, 1.807) is 6.26 Å². The molecular weight excluding hydrogens is 292 g/mol. The van der Waals surface area contributed by atoms with E-state index >= 15 is 0 Å². The summed E-state index contributed by atoms with van der Waals surface area (Å²) in [5.41, 5.74) is 1.82. The molecule has 6 heteroatoms. The Morgan fingerprint density at radius 1 is 1.13 bits per heavy atom. The number of anilines is 1. The molecule has 0 aliphatic carbocycles. The smallest absolute Gasteiger partial charge is 0.290 e. The highest BCUT2D eigenvalue weighted by Crippen LogP contribution is 2.35. The van der Waals surface area contributed by atoms with Crippen molar-refractivity contribution < 1.29 is 9.21 Å². The number of aryl methyl sites for hydroxylation is 2. The Balaban J connectivity index is 1.55. The number of hydrogen-bond donors (Lipinski definition) is 0. The van der Waals surface area contributed by atoms with Crippen molar-refractivity contribution in [2.24, 2.45) is 0 Å². The molecule has 120 valence electrons. The van der Waals surface area contributed by atoms with Crippen molar-refractivity contribution in [2.75, 3.05) is 18.0 Å². The Kier molecular flexibility index (Phi) is 3.32. The van der Waals surface area contributed by atoms with Crippen molar-refractivity contribution in [3.63, 3.8) is 0 Å². The molecule has 0 N–H and O–H groups in total. The lowest BCUT2D eigenvalue weighted by molar-refractivity contribution is 0.0704. The first-order valence-corrected chi connectivity index (χ1v) is 8.07. The van der Waals surface area contributed by atoms with Crippen molar-refractivity contribution in [1.82, 2.24) is 15.1 Å². The third-order valence-electron chi connectivity index (χ3n) is 4.97. The molecule has 0 spiro atoms. The van der Waals surface area contributed by atoms with E-state index in [0.29, 0.717) is 11.8 Å². The third-order valence-corrected chi connectivity index (χ3v) is 4.97. The predicted octanol–water partition coefficient (Wildman–Crippen LogP) is 2.18. The van der Waals surface area contributed by atoms with E-state index in [2.05, 4.69) is 15.1 Å². The second-order valence-corrected chi connectivity index (χ2v) is 6.37. The highest BCUT2D eigenvalue weighted by molar-refractivity contribution is 5.93. The lowest BCUT2D eigenvalue weighted by Crippen LogP contribution is -2.40. The van der Waals surface area contributed by atoms with Gasteiger partial charge in [-0.3, -0.25) is 4.79 Å². The Labute approximate surface area is 135 Å². The first kappa shape index (κ1) is 14.2. The van der Waals surface area contributed by atoms with Crippen molar-refractivity contribution in [1.29, 1.82) is 0 Å². The van der Waals surface area contributed by atoms with Crippen LogP contribution in [0.25, 0.3) is 0 Å². The summed E-state index contributed by atoms with van der Waals surface area (Å²) in [5.74, 6) is 1.39. The molecule has 4 heterocycles. The quantitative estimate of drug-likeness (QED) is 0.850. The number of carbonyl (C=O) groups excluding carboxylic acids is 1. The first-order chi connectivity index (χ1) is 11.1. The largest absolute Gasteiger partial charge is 0.459 e. The van der Waals surface area contributed by atoms with E-state index in [0.717, 1.165) is 43.0 Å². The van der Waals surface area contributed by atoms with E-state index in [9.17, 15) is 4.79 Å². The molecule has 2 saturated heterocycles. The number of amides is 1. The van der Waals surface area contributed by atoms with Gasteiger partial charge >= 0.3 is 0 Å². The maximum atomic E-state index is 12.7. The molecule has 2 aromatic heterocycles. The van der Waals surface area contributed by atoms with E-state index < -0.39 is 0 Å². The molecule has 1 amide bonds. The fourth-order valence-corrected chi connectivity index (χ4v) is 3.79. The molecule has 0 radical (unpaired) electrons. The summed E-state index contributed by atoms with van der Waals surface area (Å²) in [6.45, 7) is 5.52. The lowest BCUT2D eigenvalue weighted by atomic mass is 10.1. The molecule has 6 nitrogen and oxygen atoms in total. The molecule has 0 bridgehead atoms. The standard InChI is InChI=1S/C17H20N4O2/c1-11-7-10-23-16(11)17(22)21-9-6-13-14(21)5-8-20(13)15-4-3-12(2)18-19-15/h3-4,7,10,13-14H,5-6,8-9H2,1-2H3. The molecule has 23 heavy (non-hydrogen) atoms. The van der Waals surface area contributed by atoms with Crippen LogP contribution in [0.15, 0.2) is 28.9 Å². The minimum atomic E-state index is 0.0110. The first-order valence-electron chi connectivity index (χ1n) is 8.07. The van der Waals surface area contributed by atoms with Gasteiger partial charge in [0.25, 0.3) is 5.91 Å². The topological polar surface area (TPSA) is 62.5 Å². The number of rotatable bonds is 2. The van der Waals surface area contributed by atoms with Gasteiger partial charge in [0, 0.05) is 18.7 Å². The zero-order valence-corrected chi connectivity index (χ0v) is 13.4. The van der Waals surface area contributed by atoms with Crippen LogP contribution < -0.4 is 4.90 Å². The monoisotopic (exact) mass is 312 g/mol. The van der Waals surface area contributed by atoms with Crippen LogP contribution >= 0.6 is 0 Å². The minimum Gasteiger partial charge on any atom is -0.459 e. The van der Waals surface area contributed by atoms with Gasteiger partial charge in [-0.1, -0.05) is 0 Å². The lowest BCUT2D eigenvalue weighted by Gasteiger charge is -2.25. The zero-order valence-electron chi connectivity index (χ0n) is 13.4. The van der Waals surface area contributed by atoms with Crippen LogP contribution in [-0.2, 0) is 0 Å². The normalized spacial score (nSPS) is 23.4. The zero-order chi connectivity index (χ0) is 16.0. The number of carbonyl (C=O) groups is 1. The summed E-state index contributed by atoms with van der Waals surface area (Å²) in [6, 6.07) is 6.40. The van der Waals surface area contributed by atoms with Gasteiger partial charge in [0.05, 0.1) is 24.0 Å². The average Bonchev–Trinajstić information content (AvgIpc) is 3.23. The summed E-state index contributed by atoms with van der Waals surface area (Å²) >= 11 is 0. The average molecular weight is 312 g/mol. The van der Waals surface area contributed by atoms with Gasteiger partial charge < -0.3 is 14.2 Å². The van der Waals surface area contributed by atoms with Crippen molar-refractivity contribution in [2.45, 2.75) is 38.8 Å². The van der Waals surface area contributed by atoms with Crippen LogP contribution in [0.5, 0.6) is 0 Å². The van der Waals surface area contributed by atoms with E-state index in [1.807, 2.05) is 36.9 Å². The molecule has 4 rings (SSSR count). The molecule has 2 fully saturated rings. The molecule has 2 atom stereocenters. The summed E-state index contributed by atoms with van der Waals surface area (Å²) in [4.78, 5) is 17.0. The van der Waals surface area contributed by atoms with E-state index in [-0.39, 0.29) is 11.9 Å². The molecule has 2 unspecified atom stereocenters. The van der Waals surface area contributed by atoms with Crippen LogP contribution in [0.2, 0.25) is 0 Å². The van der Waals surface area contributed by atoms with Gasteiger partial charge in [0.1, 0.15) is 0 Å². The number of fused-ring (bicyclic) bond motifs is 1. The SMILES string of the molecule is Cc1ccc(N2CCC3C2CCN3C(=O)c2occc2C)nn1. The van der Waals surface area contributed by atoms with Crippen LogP contribution in [-0.4, -0.2) is 46.2 Å². The Hall–Kier alpha value is -2.37. The van der Waals surface area contributed by atoms with Gasteiger partial charge in [-0.25, -0.2) is 0 Å². The summed E-state index contributed by atoms with van der Waals surface area (Å²) < 4.78 is 5.38. The highest BCUT2D eigenvalue weighted by atomic mass is 16.3. The van der Waals surface area contributed by atoms with Crippen molar-refractivity contribution in [3.8, 4) is 0 Å². The van der Waals surface area contributed by atoms with Crippen LogP contribution in [0.1, 0.15) is 34.7 Å². The number of furan rings is 1. The fraction of sp³-hybridized carbons (Fsp3) is 0.471. The molecule has 2 aromatic rings. The van der Waals surface area contributed by atoms with E-state index in [1.165, 1.54) is 0 Å². The Morgan fingerprint density at radius 2 is 1.96 bits per heavy atom. The Bertz CT molecular complexity index is 724. The second kappa shape index (κ2) is 5.37. The predicted molar refractivity (Wildman–Crippen MR) is 85.4 cm³/mol. The second-order valence-electron chi connectivity index (χ2n) is 6.37. The molecule has 2 aliphatic heterocycles. The number of likely N-dealkylation sites (tertiary alicyclic amines) is 1. The molecule has 0 saturated carbocycles. The van der Waals surface area contributed by atoms with Crippen molar-refractivity contribution in [3.05, 3.63) is 41.5 Å². The number of aromatic nitrogens is 2. The minimum absolute atomic E-state index is 0.0110. The summed E-state index contributed by atoms with van der Waals surface area (Å²) in [6.07, 6.45) is 3.51. The number of nitrogens with zero attached hydrogens (tertiary/aromatic N) is 4. The summed E-state index contributed by atoms with van der Waals surface area (Å²) in [7, 11) is 0. The maximum Gasteiger partial charge on any atom is 0.290 e. The molecule has 2 aliphatic rings.